The molecule has 2 aromatic rings. The fourth-order valence-corrected chi connectivity index (χ4v) is 2.34. The first-order valence-electron chi connectivity index (χ1n) is 7.21. The second-order valence-electron chi connectivity index (χ2n) is 5.26. The van der Waals surface area contributed by atoms with Gasteiger partial charge in [-0.2, -0.15) is 0 Å². The van der Waals surface area contributed by atoms with E-state index in [-0.39, 0.29) is 11.7 Å². The molecule has 0 unspecified atom stereocenters. The zero-order valence-corrected chi connectivity index (χ0v) is 13.5. The average Bonchev–Trinajstić information content (AvgIpc) is 2.55. The third-order valence-electron chi connectivity index (χ3n) is 3.47. The number of methoxy groups -OCH3 is 2. The number of carbonyl (C=O) groups is 1. The van der Waals surface area contributed by atoms with Crippen molar-refractivity contribution < 1.29 is 18.7 Å². The molecule has 0 atom stereocenters. The predicted octanol–water partition coefficient (Wildman–Crippen LogP) is 3.25. The minimum atomic E-state index is -0.437. The van der Waals surface area contributed by atoms with E-state index in [1.165, 1.54) is 13.2 Å². The molecule has 0 aliphatic carbocycles. The highest BCUT2D eigenvalue weighted by Gasteiger charge is 2.13. The van der Waals surface area contributed by atoms with Gasteiger partial charge in [0.2, 0.25) is 0 Å². The fourth-order valence-electron chi connectivity index (χ4n) is 2.34. The van der Waals surface area contributed by atoms with Crippen molar-refractivity contribution in [3.05, 3.63) is 65.0 Å². The monoisotopic (exact) mass is 317 g/mol. The van der Waals surface area contributed by atoms with Crippen LogP contribution < -0.4 is 4.74 Å². The van der Waals surface area contributed by atoms with Gasteiger partial charge in [-0.1, -0.05) is 18.2 Å². The number of rotatable bonds is 6. The first kappa shape index (κ1) is 17.0. The number of ether oxygens (including phenoxy) is 2. The van der Waals surface area contributed by atoms with Crippen molar-refractivity contribution >= 4 is 5.91 Å². The van der Waals surface area contributed by atoms with Crippen LogP contribution in [-0.2, 0) is 17.9 Å². The van der Waals surface area contributed by atoms with E-state index in [1.54, 1.807) is 43.3 Å². The van der Waals surface area contributed by atoms with Crippen molar-refractivity contribution in [2.24, 2.45) is 0 Å². The molecule has 0 N–H and O–H groups in total. The van der Waals surface area contributed by atoms with E-state index in [4.69, 9.17) is 9.47 Å². The maximum Gasteiger partial charge on any atom is 0.253 e. The van der Waals surface area contributed by atoms with Crippen molar-refractivity contribution in [1.29, 1.82) is 0 Å². The molecule has 4 nitrogen and oxygen atoms in total. The molecule has 23 heavy (non-hydrogen) atoms. The van der Waals surface area contributed by atoms with Gasteiger partial charge in [0.05, 0.1) is 13.7 Å². The van der Waals surface area contributed by atoms with Crippen LogP contribution in [0.2, 0.25) is 0 Å². The van der Waals surface area contributed by atoms with Crippen molar-refractivity contribution in [2.45, 2.75) is 13.2 Å². The quantitative estimate of drug-likeness (QED) is 0.821. The Balaban J connectivity index is 2.10. The molecule has 0 spiro atoms. The van der Waals surface area contributed by atoms with Gasteiger partial charge in [0, 0.05) is 26.3 Å². The van der Waals surface area contributed by atoms with E-state index >= 15 is 0 Å². The molecule has 0 aliphatic rings. The SMILES string of the molecule is COCc1cccc(C(=O)N(C)Cc2ccc(OC)c(F)c2)c1. The van der Waals surface area contributed by atoms with E-state index in [0.717, 1.165) is 5.56 Å². The van der Waals surface area contributed by atoms with Crippen LogP contribution in [0.25, 0.3) is 0 Å². The third kappa shape index (κ3) is 4.29. The van der Waals surface area contributed by atoms with Gasteiger partial charge in [0.25, 0.3) is 5.91 Å². The summed E-state index contributed by atoms with van der Waals surface area (Å²) in [5.41, 5.74) is 2.21. The Labute approximate surface area is 135 Å². The van der Waals surface area contributed by atoms with Crippen molar-refractivity contribution in [1.82, 2.24) is 4.90 Å². The molecule has 0 radical (unpaired) electrons. The van der Waals surface area contributed by atoms with Gasteiger partial charge >= 0.3 is 0 Å². The van der Waals surface area contributed by atoms with Crippen LogP contribution in [0.1, 0.15) is 21.5 Å². The van der Waals surface area contributed by atoms with Crippen molar-refractivity contribution in [3.8, 4) is 5.75 Å². The molecule has 0 heterocycles. The summed E-state index contributed by atoms with van der Waals surface area (Å²) in [5.74, 6) is -0.373. The minimum absolute atomic E-state index is 0.126. The highest BCUT2D eigenvalue weighted by Crippen LogP contribution is 2.19. The lowest BCUT2D eigenvalue weighted by Gasteiger charge is -2.18. The standard InChI is InChI=1S/C18H20FNO3/c1-20(11-13-7-8-17(23-3)16(19)10-13)18(21)15-6-4-5-14(9-15)12-22-2/h4-10H,11-12H2,1-3H3. The summed E-state index contributed by atoms with van der Waals surface area (Å²) in [4.78, 5) is 14.0. The van der Waals surface area contributed by atoms with E-state index in [0.29, 0.717) is 24.3 Å². The number of amides is 1. The van der Waals surface area contributed by atoms with E-state index in [2.05, 4.69) is 0 Å². The third-order valence-corrected chi connectivity index (χ3v) is 3.47. The first-order valence-corrected chi connectivity index (χ1v) is 7.21. The molecule has 2 aromatic carbocycles. The fraction of sp³-hybridized carbons (Fsp3) is 0.278. The van der Waals surface area contributed by atoms with E-state index < -0.39 is 5.82 Å². The van der Waals surface area contributed by atoms with Gasteiger partial charge in [-0.15, -0.1) is 0 Å². The largest absolute Gasteiger partial charge is 0.494 e. The molecule has 0 fully saturated rings. The minimum Gasteiger partial charge on any atom is -0.494 e. The van der Waals surface area contributed by atoms with Crippen LogP contribution in [0.15, 0.2) is 42.5 Å². The van der Waals surface area contributed by atoms with Crippen molar-refractivity contribution in [3.63, 3.8) is 0 Å². The van der Waals surface area contributed by atoms with Gasteiger partial charge in [0.1, 0.15) is 0 Å². The van der Waals surface area contributed by atoms with Gasteiger partial charge in [0.15, 0.2) is 11.6 Å². The van der Waals surface area contributed by atoms with Crippen molar-refractivity contribution in [2.75, 3.05) is 21.3 Å². The van der Waals surface area contributed by atoms with Gasteiger partial charge in [-0.3, -0.25) is 4.79 Å². The molecular weight excluding hydrogens is 297 g/mol. The Hall–Kier alpha value is -2.40. The summed E-state index contributed by atoms with van der Waals surface area (Å²) < 4.78 is 23.7. The average molecular weight is 317 g/mol. The van der Waals surface area contributed by atoms with Crippen LogP contribution >= 0.6 is 0 Å². The zero-order valence-electron chi connectivity index (χ0n) is 13.5. The lowest BCUT2D eigenvalue weighted by molar-refractivity contribution is 0.0784. The Morgan fingerprint density at radius 2 is 1.91 bits per heavy atom. The maximum absolute atomic E-state index is 13.7. The Kier molecular flexibility index (Phi) is 5.71. The lowest BCUT2D eigenvalue weighted by Crippen LogP contribution is -2.26. The first-order chi connectivity index (χ1) is 11.0. The Bertz CT molecular complexity index is 688. The molecular formula is C18H20FNO3. The van der Waals surface area contributed by atoms with Gasteiger partial charge in [-0.05, 0) is 35.4 Å². The normalized spacial score (nSPS) is 10.4. The molecule has 0 aromatic heterocycles. The lowest BCUT2D eigenvalue weighted by atomic mass is 10.1. The molecule has 0 saturated carbocycles. The number of benzene rings is 2. The summed E-state index contributed by atoms with van der Waals surface area (Å²) in [5, 5.41) is 0. The smallest absolute Gasteiger partial charge is 0.253 e. The molecule has 0 aliphatic heterocycles. The summed E-state index contributed by atoms with van der Waals surface area (Å²) in [6.45, 7) is 0.767. The number of carbonyl (C=O) groups excluding carboxylic acids is 1. The summed E-state index contributed by atoms with van der Waals surface area (Å²) in [6.07, 6.45) is 0. The summed E-state index contributed by atoms with van der Waals surface area (Å²) in [6, 6.07) is 12.0. The van der Waals surface area contributed by atoms with E-state index in [9.17, 15) is 9.18 Å². The molecule has 5 heteroatoms. The van der Waals surface area contributed by atoms with Gasteiger partial charge in [-0.25, -0.2) is 4.39 Å². The molecule has 122 valence electrons. The van der Waals surface area contributed by atoms with Crippen LogP contribution in [0.5, 0.6) is 5.75 Å². The predicted molar refractivity (Wildman–Crippen MR) is 85.9 cm³/mol. The van der Waals surface area contributed by atoms with Crippen LogP contribution in [-0.4, -0.2) is 32.1 Å². The van der Waals surface area contributed by atoms with E-state index in [1.807, 2.05) is 12.1 Å². The Morgan fingerprint density at radius 3 is 2.57 bits per heavy atom. The van der Waals surface area contributed by atoms with Crippen LogP contribution in [0.4, 0.5) is 4.39 Å². The second kappa shape index (κ2) is 7.74. The Morgan fingerprint density at radius 1 is 1.13 bits per heavy atom. The van der Waals surface area contributed by atoms with Gasteiger partial charge < -0.3 is 14.4 Å². The van der Waals surface area contributed by atoms with Crippen LogP contribution in [0, 0.1) is 5.82 Å². The summed E-state index contributed by atoms with van der Waals surface area (Å²) >= 11 is 0. The number of nitrogens with zero attached hydrogens (tertiary/aromatic N) is 1. The highest BCUT2D eigenvalue weighted by atomic mass is 19.1. The molecule has 2 rings (SSSR count). The number of hydrogen-bond acceptors (Lipinski definition) is 3. The topological polar surface area (TPSA) is 38.8 Å². The number of halogens is 1. The number of hydrogen-bond donors (Lipinski definition) is 0. The van der Waals surface area contributed by atoms with Crippen LogP contribution in [0.3, 0.4) is 0 Å². The second-order valence-corrected chi connectivity index (χ2v) is 5.26. The summed E-state index contributed by atoms with van der Waals surface area (Å²) in [7, 11) is 4.72. The molecule has 0 saturated heterocycles. The highest BCUT2D eigenvalue weighted by molar-refractivity contribution is 5.94. The molecule has 0 bridgehead atoms. The zero-order chi connectivity index (χ0) is 16.8. The maximum atomic E-state index is 13.7. The molecule has 1 amide bonds.